The summed E-state index contributed by atoms with van der Waals surface area (Å²) in [6.07, 6.45) is 26.2. The van der Waals surface area contributed by atoms with Crippen LogP contribution in [-0.4, -0.2) is 21.9 Å². The van der Waals surface area contributed by atoms with E-state index < -0.39 is 11.7 Å². The molecule has 0 spiro atoms. The van der Waals surface area contributed by atoms with Gasteiger partial charge in [-0.15, -0.1) is 0 Å². The van der Waals surface area contributed by atoms with Gasteiger partial charge in [0.05, 0.1) is 11.7 Å². The fraction of sp³-hybridized carbons (Fsp3) is 0.950. The van der Waals surface area contributed by atoms with Gasteiger partial charge in [0, 0.05) is 0 Å². The molecule has 0 aliphatic carbocycles. The number of aliphatic hydroxyl groups is 2. The smallest absolute Gasteiger partial charge is 0.0877 e. The van der Waals surface area contributed by atoms with E-state index in [0.29, 0.717) is 18.8 Å². The van der Waals surface area contributed by atoms with E-state index in [1.165, 1.54) is 95.5 Å². The van der Waals surface area contributed by atoms with E-state index >= 15 is 0 Å². The van der Waals surface area contributed by atoms with Gasteiger partial charge in [-0.3, -0.25) is 0 Å². The van der Waals surface area contributed by atoms with Gasteiger partial charge in [-0.25, -0.2) is 0 Å². The Kier molecular flexibility index (Phi) is 24.7. The second kappa shape index (κ2) is 24.9. The van der Waals surface area contributed by atoms with Gasteiger partial charge < -0.3 is 10.2 Å². The molecule has 0 aliphatic rings. The molecular formula is C40H80O2. The van der Waals surface area contributed by atoms with E-state index in [9.17, 15) is 10.2 Å². The molecule has 0 saturated carbocycles. The van der Waals surface area contributed by atoms with Gasteiger partial charge in [-0.05, 0) is 81.5 Å². The minimum Gasteiger partial charge on any atom is -0.390 e. The van der Waals surface area contributed by atoms with Crippen LogP contribution >= 0.6 is 0 Å². The molecule has 0 rings (SSSR count). The lowest BCUT2D eigenvalue weighted by atomic mass is 9.87. The zero-order valence-electron chi connectivity index (χ0n) is 30.7. The predicted octanol–water partition coefficient (Wildman–Crippen LogP) is 12.7. The lowest BCUT2D eigenvalue weighted by Gasteiger charge is -2.29. The molecule has 0 aromatic carbocycles. The van der Waals surface area contributed by atoms with Gasteiger partial charge in [-0.2, -0.15) is 0 Å². The summed E-state index contributed by atoms with van der Waals surface area (Å²) >= 11 is 0. The summed E-state index contributed by atoms with van der Waals surface area (Å²) in [5, 5.41) is 21.7. The van der Waals surface area contributed by atoms with Crippen LogP contribution in [0.1, 0.15) is 198 Å². The van der Waals surface area contributed by atoms with Crippen molar-refractivity contribution in [2.45, 2.75) is 209 Å². The Morgan fingerprint density at radius 3 is 1.31 bits per heavy atom. The summed E-state index contributed by atoms with van der Waals surface area (Å²) in [6, 6.07) is 0. The van der Waals surface area contributed by atoms with E-state index in [1.54, 1.807) is 0 Å². The molecule has 0 heterocycles. The Bertz CT molecular complexity index is 634. The first kappa shape index (κ1) is 41.7. The Morgan fingerprint density at radius 2 is 0.905 bits per heavy atom. The first-order valence-electron chi connectivity index (χ1n) is 18.8. The zero-order valence-corrected chi connectivity index (χ0v) is 30.7. The molecule has 2 nitrogen and oxygen atoms in total. The Balaban J connectivity index is 4.00. The quantitative estimate of drug-likeness (QED) is 0.0887. The largest absolute Gasteiger partial charge is 0.390 e. The molecular weight excluding hydrogens is 512 g/mol. The number of aliphatic hydroxyl groups excluding tert-OH is 1. The second-order valence-electron chi connectivity index (χ2n) is 16.2. The Labute approximate surface area is 266 Å². The summed E-state index contributed by atoms with van der Waals surface area (Å²) in [6.45, 7) is 23.0. The molecule has 2 heteroatoms. The summed E-state index contributed by atoms with van der Waals surface area (Å²) in [4.78, 5) is 0. The van der Waals surface area contributed by atoms with E-state index in [2.05, 4.69) is 68.4 Å². The van der Waals surface area contributed by atoms with Crippen molar-refractivity contribution in [2.75, 3.05) is 0 Å². The lowest BCUT2D eigenvalue weighted by molar-refractivity contribution is -0.0712. The molecule has 0 fully saturated rings. The van der Waals surface area contributed by atoms with Gasteiger partial charge in [0.15, 0.2) is 0 Å². The molecule has 2 N–H and O–H groups in total. The van der Waals surface area contributed by atoms with Crippen LogP contribution in [0.4, 0.5) is 0 Å². The summed E-state index contributed by atoms with van der Waals surface area (Å²) in [5.74, 6) is 4.93. The van der Waals surface area contributed by atoms with Crippen LogP contribution in [0.25, 0.3) is 0 Å². The van der Waals surface area contributed by atoms with Crippen LogP contribution < -0.4 is 0 Å². The predicted molar refractivity (Wildman–Crippen MR) is 189 cm³/mol. The highest BCUT2D eigenvalue weighted by molar-refractivity contribution is 4.98. The second-order valence-corrected chi connectivity index (χ2v) is 16.2. The topological polar surface area (TPSA) is 40.5 Å². The number of allylic oxidation sites excluding steroid dienone is 2. The minimum atomic E-state index is -0.978. The van der Waals surface area contributed by atoms with E-state index in [4.69, 9.17) is 0 Å². The van der Waals surface area contributed by atoms with Crippen LogP contribution in [0, 0.1) is 35.5 Å². The summed E-state index contributed by atoms with van der Waals surface area (Å²) < 4.78 is 0. The van der Waals surface area contributed by atoms with Crippen LogP contribution in [0.2, 0.25) is 0 Å². The molecule has 42 heavy (non-hydrogen) atoms. The van der Waals surface area contributed by atoms with Crippen molar-refractivity contribution in [1.82, 2.24) is 0 Å². The van der Waals surface area contributed by atoms with E-state index in [-0.39, 0.29) is 0 Å². The molecule has 0 saturated heterocycles. The first-order valence-corrected chi connectivity index (χ1v) is 18.8. The molecule has 0 radical (unpaired) electrons. The van der Waals surface area contributed by atoms with Crippen LogP contribution in [0.3, 0.4) is 0 Å². The fourth-order valence-corrected chi connectivity index (χ4v) is 6.56. The van der Waals surface area contributed by atoms with E-state index in [0.717, 1.165) is 55.3 Å². The average molecular weight is 593 g/mol. The standard InChI is InChI=1S/C40H80O2/c1-32(2)18-11-20-34(5)22-13-24-36(7)25-14-26-37(8)28-16-30-39(41)40(10,42)31-17-29-38(9)27-15-23-35(6)21-12-19-33(3)4/h28,32-36,38-39,41-42H,11-27,29-31H2,1-10H3/b37-28+/t34-,35-,36-,38-,39+,40+/m1/s1. The van der Waals surface area contributed by atoms with Crippen molar-refractivity contribution >= 4 is 0 Å². The minimum absolute atomic E-state index is 0.642. The number of hydrogen-bond acceptors (Lipinski definition) is 2. The van der Waals surface area contributed by atoms with Gasteiger partial charge in [0.2, 0.25) is 0 Å². The average Bonchev–Trinajstić information content (AvgIpc) is 2.88. The van der Waals surface area contributed by atoms with Gasteiger partial charge in [-0.1, -0.05) is 163 Å². The number of rotatable bonds is 28. The molecule has 0 aliphatic heterocycles. The Hall–Kier alpha value is -0.340. The molecule has 0 unspecified atom stereocenters. The highest BCUT2D eigenvalue weighted by Gasteiger charge is 2.29. The maximum absolute atomic E-state index is 10.9. The molecule has 0 aromatic rings. The van der Waals surface area contributed by atoms with Gasteiger partial charge in [0.25, 0.3) is 0 Å². The Morgan fingerprint density at radius 1 is 0.548 bits per heavy atom. The van der Waals surface area contributed by atoms with Crippen LogP contribution in [-0.2, 0) is 0 Å². The number of hydrogen-bond donors (Lipinski definition) is 2. The van der Waals surface area contributed by atoms with Crippen molar-refractivity contribution in [3.63, 3.8) is 0 Å². The first-order chi connectivity index (χ1) is 19.7. The van der Waals surface area contributed by atoms with Gasteiger partial charge >= 0.3 is 0 Å². The normalized spacial score (nSPS) is 17.8. The van der Waals surface area contributed by atoms with Crippen molar-refractivity contribution in [3.05, 3.63) is 11.6 Å². The maximum Gasteiger partial charge on any atom is 0.0877 e. The SMILES string of the molecule is C/C(=C\CC[C@H](O)[C@@](C)(O)CCC[C@H](C)CCC[C@H](C)CCCC(C)C)CCC[C@H](C)CCC[C@H](C)CCCC(C)C. The van der Waals surface area contributed by atoms with E-state index in [1.807, 2.05) is 6.92 Å². The summed E-state index contributed by atoms with van der Waals surface area (Å²) in [5.41, 5.74) is 0.462. The van der Waals surface area contributed by atoms with Crippen molar-refractivity contribution in [2.24, 2.45) is 35.5 Å². The molecule has 0 amide bonds. The maximum atomic E-state index is 10.9. The third-order valence-corrected chi connectivity index (χ3v) is 10.0. The highest BCUT2D eigenvalue weighted by atomic mass is 16.3. The monoisotopic (exact) mass is 593 g/mol. The van der Waals surface area contributed by atoms with Crippen LogP contribution in [0.5, 0.6) is 0 Å². The van der Waals surface area contributed by atoms with Gasteiger partial charge in [0.1, 0.15) is 0 Å². The fourth-order valence-electron chi connectivity index (χ4n) is 6.56. The van der Waals surface area contributed by atoms with Crippen molar-refractivity contribution in [1.29, 1.82) is 0 Å². The van der Waals surface area contributed by atoms with Crippen molar-refractivity contribution < 1.29 is 10.2 Å². The third-order valence-electron chi connectivity index (χ3n) is 10.0. The highest BCUT2D eigenvalue weighted by Crippen LogP contribution is 2.26. The zero-order chi connectivity index (χ0) is 32.0. The molecule has 252 valence electrons. The van der Waals surface area contributed by atoms with Crippen molar-refractivity contribution in [3.8, 4) is 0 Å². The summed E-state index contributed by atoms with van der Waals surface area (Å²) in [7, 11) is 0. The molecule has 0 aromatic heterocycles. The molecule has 6 atom stereocenters. The molecule has 0 bridgehead atoms. The third kappa shape index (κ3) is 25.0. The lowest BCUT2D eigenvalue weighted by Crippen LogP contribution is -2.39. The van der Waals surface area contributed by atoms with Crippen LogP contribution in [0.15, 0.2) is 11.6 Å².